The summed E-state index contributed by atoms with van der Waals surface area (Å²) in [5, 5.41) is 0. The monoisotopic (exact) mass is 788 g/mol. The van der Waals surface area contributed by atoms with Gasteiger partial charge in [0.15, 0.2) is 0 Å². The van der Waals surface area contributed by atoms with Crippen molar-refractivity contribution < 1.29 is 38.1 Å². The van der Waals surface area contributed by atoms with E-state index in [1.165, 1.54) is 62.5 Å². The average molecular weight is 789 g/mol. The van der Waals surface area contributed by atoms with Crippen molar-refractivity contribution in [3.05, 3.63) is 130 Å². The van der Waals surface area contributed by atoms with Crippen LogP contribution in [0.4, 0.5) is 0 Å². The van der Waals surface area contributed by atoms with Crippen LogP contribution in [0.25, 0.3) is 0 Å². The van der Waals surface area contributed by atoms with E-state index in [4.69, 9.17) is 18.9 Å². The number of ether oxygens (including phenoxy) is 4. The van der Waals surface area contributed by atoms with Gasteiger partial charge < -0.3 is 18.9 Å². The van der Waals surface area contributed by atoms with Crippen LogP contribution in [0.3, 0.4) is 0 Å². The Kier molecular flexibility index (Phi) is 18.1. The van der Waals surface area contributed by atoms with Gasteiger partial charge in [-0.15, -0.1) is 0 Å². The van der Waals surface area contributed by atoms with Gasteiger partial charge in [0, 0.05) is 0 Å². The van der Waals surface area contributed by atoms with Crippen LogP contribution in [-0.4, -0.2) is 36.6 Å². The lowest BCUT2D eigenvalue weighted by Gasteiger charge is -2.29. The van der Waals surface area contributed by atoms with E-state index in [9.17, 15) is 19.2 Å². The second-order valence-electron chi connectivity index (χ2n) is 15.5. The highest BCUT2D eigenvalue weighted by Gasteiger charge is 2.29. The van der Waals surface area contributed by atoms with Gasteiger partial charge in [0.25, 0.3) is 0 Å². The van der Waals surface area contributed by atoms with Crippen molar-refractivity contribution in [2.24, 2.45) is 5.92 Å². The van der Waals surface area contributed by atoms with Crippen molar-refractivity contribution in [3.8, 4) is 11.5 Å². The molecule has 0 aliphatic heterocycles. The van der Waals surface area contributed by atoms with Gasteiger partial charge in [-0.2, -0.15) is 0 Å². The summed E-state index contributed by atoms with van der Waals surface area (Å²) in [5.74, 6) is -1.36. The van der Waals surface area contributed by atoms with Crippen molar-refractivity contribution in [1.29, 1.82) is 0 Å². The van der Waals surface area contributed by atoms with Crippen LogP contribution in [0.5, 0.6) is 11.5 Å². The summed E-state index contributed by atoms with van der Waals surface area (Å²) in [4.78, 5) is 52.0. The lowest BCUT2D eigenvalue weighted by atomic mass is 9.85. The summed E-state index contributed by atoms with van der Waals surface area (Å²) in [6.07, 6.45) is 18.4. The Morgan fingerprint density at radius 3 is 1.33 bits per heavy atom. The second-order valence-corrected chi connectivity index (χ2v) is 15.5. The van der Waals surface area contributed by atoms with Gasteiger partial charge in [-0.05, 0) is 128 Å². The van der Waals surface area contributed by atoms with Gasteiger partial charge in [0.1, 0.15) is 24.2 Å². The SMILES string of the molecule is CCCCCCCc1ccc(C(=O)Oc2ccc(C(=O)OCC(OC(=O)c3ccc(OC(=O)c4ccc(CCCCCCC)cc4)cc3)C3CCCCC3)cc2)cc1. The predicted molar refractivity (Wildman–Crippen MR) is 227 cm³/mol. The number of esters is 4. The molecular weight excluding hydrogens is 729 g/mol. The van der Waals surface area contributed by atoms with Gasteiger partial charge in [0.2, 0.25) is 0 Å². The van der Waals surface area contributed by atoms with Gasteiger partial charge in [0.05, 0.1) is 22.3 Å². The standard InChI is InChI=1S/C50H60O8/c1-3-5-7-9-12-16-37-20-24-41(25-21-37)48(52)56-44-32-28-40(29-33-44)47(51)55-36-46(39-18-14-11-15-19-39)58-50(54)43-30-34-45(35-31-43)57-49(53)42-26-22-38(23-27-42)17-13-10-8-6-4-2/h20-35,39,46H,3-19,36H2,1-2H3. The Hall–Kier alpha value is -5.24. The molecule has 0 N–H and O–H groups in total. The Morgan fingerprint density at radius 2 is 0.879 bits per heavy atom. The molecule has 8 heteroatoms. The fourth-order valence-corrected chi connectivity index (χ4v) is 7.35. The first-order valence-corrected chi connectivity index (χ1v) is 21.5. The molecule has 1 atom stereocenters. The molecule has 1 unspecified atom stereocenters. The first kappa shape index (κ1) is 43.9. The highest BCUT2D eigenvalue weighted by atomic mass is 16.6. The average Bonchev–Trinajstić information content (AvgIpc) is 3.26. The number of rotatable bonds is 22. The first-order chi connectivity index (χ1) is 28.3. The quantitative estimate of drug-likeness (QED) is 0.0440. The number of aryl methyl sites for hydroxylation is 2. The fourth-order valence-electron chi connectivity index (χ4n) is 7.35. The Bertz CT molecular complexity index is 1860. The summed E-state index contributed by atoms with van der Waals surface area (Å²) in [6.45, 7) is 4.33. The van der Waals surface area contributed by atoms with E-state index in [1.54, 1.807) is 72.8 Å². The number of carbonyl (C=O) groups excluding carboxylic acids is 4. The van der Waals surface area contributed by atoms with Crippen LogP contribution in [0.2, 0.25) is 0 Å². The molecule has 0 spiro atoms. The molecule has 0 amide bonds. The van der Waals surface area contributed by atoms with Crippen LogP contribution in [0, 0.1) is 5.92 Å². The molecule has 5 rings (SSSR count). The zero-order valence-electron chi connectivity index (χ0n) is 34.4. The molecule has 0 bridgehead atoms. The fraction of sp³-hybridized carbons (Fsp3) is 0.440. The number of hydrogen-bond donors (Lipinski definition) is 0. The third kappa shape index (κ3) is 14.3. The summed E-state index contributed by atoms with van der Waals surface area (Å²) < 4.78 is 22.8. The van der Waals surface area contributed by atoms with E-state index in [-0.39, 0.29) is 18.1 Å². The molecule has 4 aromatic carbocycles. The number of hydrogen-bond acceptors (Lipinski definition) is 8. The molecule has 0 aromatic heterocycles. The second kappa shape index (κ2) is 23.9. The summed E-state index contributed by atoms with van der Waals surface area (Å²) in [7, 11) is 0. The van der Waals surface area contributed by atoms with Crippen LogP contribution in [0.15, 0.2) is 97.1 Å². The maximum atomic E-state index is 13.3. The zero-order valence-corrected chi connectivity index (χ0v) is 34.4. The molecule has 308 valence electrons. The van der Waals surface area contributed by atoms with E-state index in [0.717, 1.165) is 57.8 Å². The molecule has 0 saturated heterocycles. The minimum Gasteiger partial charge on any atom is -0.458 e. The lowest BCUT2D eigenvalue weighted by molar-refractivity contribution is -0.0247. The summed E-state index contributed by atoms with van der Waals surface area (Å²) in [5.41, 5.74) is 3.91. The van der Waals surface area contributed by atoms with Crippen molar-refractivity contribution in [2.75, 3.05) is 6.61 Å². The summed E-state index contributed by atoms with van der Waals surface area (Å²) in [6, 6.07) is 27.5. The van der Waals surface area contributed by atoms with Gasteiger partial charge in [-0.1, -0.05) is 109 Å². The van der Waals surface area contributed by atoms with Crippen molar-refractivity contribution >= 4 is 23.9 Å². The van der Waals surface area contributed by atoms with Crippen molar-refractivity contribution in [2.45, 2.75) is 129 Å². The van der Waals surface area contributed by atoms with E-state index >= 15 is 0 Å². The molecule has 1 saturated carbocycles. The third-order valence-electron chi connectivity index (χ3n) is 10.9. The van der Waals surface area contributed by atoms with E-state index in [2.05, 4.69) is 13.8 Å². The van der Waals surface area contributed by atoms with Crippen molar-refractivity contribution in [3.63, 3.8) is 0 Å². The number of benzene rings is 4. The lowest BCUT2D eigenvalue weighted by Crippen LogP contribution is -2.33. The molecule has 1 aliphatic carbocycles. The third-order valence-corrected chi connectivity index (χ3v) is 10.9. The molecule has 0 heterocycles. The van der Waals surface area contributed by atoms with Crippen LogP contribution in [-0.2, 0) is 22.3 Å². The minimum absolute atomic E-state index is 0.0554. The molecule has 58 heavy (non-hydrogen) atoms. The molecule has 8 nitrogen and oxygen atoms in total. The highest BCUT2D eigenvalue weighted by Crippen LogP contribution is 2.29. The van der Waals surface area contributed by atoms with E-state index in [0.29, 0.717) is 28.2 Å². The van der Waals surface area contributed by atoms with Gasteiger partial charge >= 0.3 is 23.9 Å². The van der Waals surface area contributed by atoms with Crippen molar-refractivity contribution in [1.82, 2.24) is 0 Å². The van der Waals surface area contributed by atoms with Gasteiger partial charge in [-0.25, -0.2) is 19.2 Å². The maximum Gasteiger partial charge on any atom is 0.343 e. The van der Waals surface area contributed by atoms with Crippen LogP contribution < -0.4 is 9.47 Å². The molecule has 0 radical (unpaired) electrons. The largest absolute Gasteiger partial charge is 0.458 e. The number of unbranched alkanes of at least 4 members (excludes halogenated alkanes) is 8. The Balaban J connectivity index is 1.09. The topological polar surface area (TPSA) is 105 Å². The molecule has 1 aliphatic rings. The maximum absolute atomic E-state index is 13.3. The Morgan fingerprint density at radius 1 is 0.483 bits per heavy atom. The molecule has 1 fully saturated rings. The van der Waals surface area contributed by atoms with Gasteiger partial charge in [-0.3, -0.25) is 0 Å². The normalized spacial score (nSPS) is 13.3. The first-order valence-electron chi connectivity index (χ1n) is 21.5. The highest BCUT2D eigenvalue weighted by molar-refractivity contribution is 5.93. The zero-order chi connectivity index (χ0) is 41.0. The van der Waals surface area contributed by atoms with E-state index in [1.807, 2.05) is 24.3 Å². The predicted octanol–water partition coefficient (Wildman–Crippen LogP) is 12.1. The van der Waals surface area contributed by atoms with Crippen LogP contribution in [0.1, 0.15) is 163 Å². The number of carbonyl (C=O) groups is 4. The summed E-state index contributed by atoms with van der Waals surface area (Å²) >= 11 is 0. The Labute approximate surface area is 344 Å². The van der Waals surface area contributed by atoms with E-state index < -0.39 is 30.0 Å². The van der Waals surface area contributed by atoms with Crippen LogP contribution >= 0.6 is 0 Å². The molecular formula is C50H60O8. The molecule has 4 aromatic rings. The smallest absolute Gasteiger partial charge is 0.343 e. The minimum atomic E-state index is -0.624.